The number of ether oxygens (including phenoxy) is 3. The molecule has 1 aromatic carbocycles. The first-order valence-electron chi connectivity index (χ1n) is 9.76. The van der Waals surface area contributed by atoms with Gasteiger partial charge in [0.25, 0.3) is 5.89 Å². The highest BCUT2D eigenvalue weighted by molar-refractivity contribution is 7.18. The Morgan fingerprint density at radius 3 is 2.56 bits per heavy atom. The van der Waals surface area contributed by atoms with Crippen LogP contribution in [0.4, 0.5) is 5.00 Å². The van der Waals surface area contributed by atoms with E-state index in [1.165, 1.54) is 7.11 Å². The number of esters is 1. The van der Waals surface area contributed by atoms with Crippen molar-refractivity contribution in [3.63, 3.8) is 0 Å². The molecule has 0 saturated carbocycles. The Hall–Kier alpha value is -3.40. The fraction of sp³-hybridized carbons (Fsp3) is 0.364. The topological polar surface area (TPSA) is 113 Å². The average Bonchev–Trinajstić information content (AvgIpc) is 3.37. The lowest BCUT2D eigenvalue weighted by Gasteiger charge is -2.16. The molecule has 0 atom stereocenters. The van der Waals surface area contributed by atoms with Crippen LogP contribution in [0.3, 0.4) is 0 Å². The van der Waals surface area contributed by atoms with E-state index >= 15 is 0 Å². The van der Waals surface area contributed by atoms with E-state index in [1.54, 1.807) is 38.3 Å². The van der Waals surface area contributed by atoms with Gasteiger partial charge in [0.15, 0.2) is 6.61 Å². The van der Waals surface area contributed by atoms with Gasteiger partial charge in [0, 0.05) is 11.5 Å². The van der Waals surface area contributed by atoms with Crippen LogP contribution in [-0.2, 0) is 16.1 Å². The predicted octanol–water partition coefficient (Wildman–Crippen LogP) is 4.47. The van der Waals surface area contributed by atoms with E-state index in [1.807, 2.05) is 20.8 Å². The van der Waals surface area contributed by atoms with E-state index in [0.29, 0.717) is 38.3 Å². The minimum atomic E-state index is -0.541. The Labute approximate surface area is 189 Å². The molecule has 0 fully saturated rings. The number of carbonyl (C=O) groups is 2. The quantitative estimate of drug-likeness (QED) is 0.515. The zero-order valence-corrected chi connectivity index (χ0v) is 19.6. The number of benzene rings is 1. The second kappa shape index (κ2) is 9.39. The number of hydrogen-bond donors (Lipinski definition) is 1. The Morgan fingerprint density at radius 2 is 1.91 bits per heavy atom. The predicted molar refractivity (Wildman–Crippen MR) is 119 cm³/mol. The summed E-state index contributed by atoms with van der Waals surface area (Å²) in [5.74, 6) is 0.925. The van der Waals surface area contributed by atoms with Crippen molar-refractivity contribution in [2.24, 2.45) is 5.41 Å². The van der Waals surface area contributed by atoms with Gasteiger partial charge in [-0.1, -0.05) is 25.9 Å². The Bertz CT molecular complexity index is 1130. The van der Waals surface area contributed by atoms with Gasteiger partial charge in [-0.2, -0.15) is 4.98 Å². The van der Waals surface area contributed by atoms with Crippen molar-refractivity contribution in [1.82, 2.24) is 10.1 Å². The summed E-state index contributed by atoms with van der Waals surface area (Å²) in [5.41, 5.74) is 0.780. The SMILES string of the molecule is COc1ccc(-c2noc(COC(=O)c3sc(NC(=O)C(C)(C)C)cc3C)n2)c(OC)c1. The van der Waals surface area contributed by atoms with E-state index < -0.39 is 11.4 Å². The normalized spacial score (nSPS) is 11.2. The number of aromatic nitrogens is 2. The smallest absolute Gasteiger partial charge is 0.349 e. The lowest BCUT2D eigenvalue weighted by Crippen LogP contribution is -2.27. The van der Waals surface area contributed by atoms with Crippen molar-refractivity contribution in [1.29, 1.82) is 0 Å². The number of rotatable bonds is 7. The van der Waals surface area contributed by atoms with Gasteiger partial charge in [-0.3, -0.25) is 4.79 Å². The molecule has 0 unspecified atom stereocenters. The standard InChI is InChI=1S/C22H25N3O6S/c1-12-9-17(24-21(27)22(2,3)4)32-18(12)20(26)30-11-16-23-19(25-31-16)14-8-7-13(28-5)10-15(14)29-6/h7-10H,11H2,1-6H3,(H,24,27). The molecule has 0 aliphatic rings. The summed E-state index contributed by atoms with van der Waals surface area (Å²) in [4.78, 5) is 29.4. The summed E-state index contributed by atoms with van der Waals surface area (Å²) in [5, 5.41) is 7.34. The summed E-state index contributed by atoms with van der Waals surface area (Å²) in [6.45, 7) is 7.04. The lowest BCUT2D eigenvalue weighted by molar-refractivity contribution is -0.123. The number of carbonyl (C=O) groups excluding carboxylic acids is 2. The average molecular weight is 460 g/mol. The van der Waals surface area contributed by atoms with Crippen LogP contribution >= 0.6 is 11.3 Å². The molecular weight excluding hydrogens is 434 g/mol. The molecule has 9 nitrogen and oxygen atoms in total. The van der Waals surface area contributed by atoms with E-state index in [9.17, 15) is 9.59 Å². The first-order chi connectivity index (χ1) is 15.1. The molecule has 0 spiro atoms. The Kier molecular flexibility index (Phi) is 6.83. The third kappa shape index (κ3) is 5.25. The fourth-order valence-corrected chi connectivity index (χ4v) is 3.61. The maximum absolute atomic E-state index is 12.5. The maximum Gasteiger partial charge on any atom is 0.349 e. The fourth-order valence-electron chi connectivity index (χ4n) is 2.64. The second-order valence-corrected chi connectivity index (χ2v) is 9.03. The van der Waals surface area contributed by atoms with Gasteiger partial charge in [0.05, 0.1) is 24.8 Å². The van der Waals surface area contributed by atoms with E-state index in [0.717, 1.165) is 11.3 Å². The molecule has 10 heteroatoms. The number of nitrogens with zero attached hydrogens (tertiary/aromatic N) is 2. The molecule has 2 aromatic heterocycles. The van der Waals surface area contributed by atoms with Crippen LogP contribution in [0.25, 0.3) is 11.4 Å². The van der Waals surface area contributed by atoms with Crippen LogP contribution in [0.2, 0.25) is 0 Å². The molecule has 1 N–H and O–H groups in total. The monoisotopic (exact) mass is 459 g/mol. The summed E-state index contributed by atoms with van der Waals surface area (Å²) in [7, 11) is 3.09. The third-order valence-corrected chi connectivity index (χ3v) is 5.60. The van der Waals surface area contributed by atoms with E-state index in [-0.39, 0.29) is 18.4 Å². The number of amides is 1. The minimum Gasteiger partial charge on any atom is -0.497 e. The minimum absolute atomic E-state index is 0.133. The van der Waals surface area contributed by atoms with Gasteiger partial charge in [-0.15, -0.1) is 11.3 Å². The zero-order chi connectivity index (χ0) is 23.5. The molecule has 0 bridgehead atoms. The highest BCUT2D eigenvalue weighted by Gasteiger charge is 2.24. The number of hydrogen-bond acceptors (Lipinski definition) is 9. The van der Waals surface area contributed by atoms with Crippen LogP contribution < -0.4 is 14.8 Å². The Morgan fingerprint density at radius 1 is 1.16 bits per heavy atom. The molecule has 3 aromatic rings. The van der Waals surface area contributed by atoms with Crippen LogP contribution in [0.1, 0.15) is 41.9 Å². The number of anilines is 1. The summed E-state index contributed by atoms with van der Waals surface area (Å²) in [6.07, 6.45) is 0. The van der Waals surface area contributed by atoms with Crippen LogP contribution in [0.15, 0.2) is 28.8 Å². The molecule has 2 heterocycles. The first-order valence-corrected chi connectivity index (χ1v) is 10.6. The van der Waals surface area contributed by atoms with Gasteiger partial charge in [0.1, 0.15) is 16.4 Å². The summed E-state index contributed by atoms with van der Waals surface area (Å²) >= 11 is 1.16. The summed E-state index contributed by atoms with van der Waals surface area (Å²) in [6, 6.07) is 6.96. The third-order valence-electron chi connectivity index (χ3n) is 4.47. The van der Waals surface area contributed by atoms with Gasteiger partial charge in [-0.05, 0) is 30.7 Å². The number of thiophene rings is 1. The lowest BCUT2D eigenvalue weighted by atomic mass is 9.96. The molecule has 170 valence electrons. The molecule has 1 amide bonds. The van der Waals surface area contributed by atoms with E-state index in [4.69, 9.17) is 18.7 Å². The maximum atomic E-state index is 12.5. The van der Waals surface area contributed by atoms with Crippen molar-refractivity contribution < 1.29 is 28.3 Å². The van der Waals surface area contributed by atoms with E-state index in [2.05, 4.69) is 15.5 Å². The molecule has 0 aliphatic carbocycles. The second-order valence-electron chi connectivity index (χ2n) is 7.98. The molecule has 3 rings (SSSR count). The zero-order valence-electron chi connectivity index (χ0n) is 18.8. The van der Waals surface area contributed by atoms with Gasteiger partial charge < -0.3 is 24.1 Å². The number of aryl methyl sites for hydroxylation is 1. The molecule has 0 aliphatic heterocycles. The highest BCUT2D eigenvalue weighted by atomic mass is 32.1. The van der Waals surface area contributed by atoms with Crippen LogP contribution in [0, 0.1) is 12.3 Å². The van der Waals surface area contributed by atoms with Crippen molar-refractivity contribution in [2.45, 2.75) is 34.3 Å². The largest absolute Gasteiger partial charge is 0.497 e. The molecular formula is C22H25N3O6S. The first kappa shape index (κ1) is 23.3. The van der Waals surface area contributed by atoms with Gasteiger partial charge in [-0.25, -0.2) is 4.79 Å². The van der Waals surface area contributed by atoms with Crippen molar-refractivity contribution in [2.75, 3.05) is 19.5 Å². The van der Waals surface area contributed by atoms with Crippen molar-refractivity contribution in [3.05, 3.63) is 40.6 Å². The number of methoxy groups -OCH3 is 2. The summed E-state index contributed by atoms with van der Waals surface area (Å²) < 4.78 is 21.1. The van der Waals surface area contributed by atoms with Crippen LogP contribution in [-0.4, -0.2) is 36.2 Å². The number of nitrogens with one attached hydrogen (secondary N) is 1. The molecule has 32 heavy (non-hydrogen) atoms. The van der Waals surface area contributed by atoms with Crippen molar-refractivity contribution >= 4 is 28.2 Å². The Balaban J connectivity index is 1.67. The van der Waals surface area contributed by atoms with Gasteiger partial charge in [0.2, 0.25) is 11.7 Å². The molecule has 0 saturated heterocycles. The highest BCUT2D eigenvalue weighted by Crippen LogP contribution is 2.32. The van der Waals surface area contributed by atoms with Crippen molar-refractivity contribution in [3.8, 4) is 22.9 Å². The van der Waals surface area contributed by atoms with Crippen LogP contribution in [0.5, 0.6) is 11.5 Å². The van der Waals surface area contributed by atoms with Gasteiger partial charge >= 0.3 is 5.97 Å². The molecule has 0 radical (unpaired) electrons.